The van der Waals surface area contributed by atoms with Crippen molar-refractivity contribution in [3.05, 3.63) is 83.7 Å². The second-order valence-corrected chi connectivity index (χ2v) is 8.56. The number of nitrogens with two attached hydrogens (primary N) is 1. The minimum atomic E-state index is -0.0544. The first-order chi connectivity index (χ1) is 16.4. The van der Waals surface area contributed by atoms with Crippen molar-refractivity contribution in [2.45, 2.75) is 0 Å². The van der Waals surface area contributed by atoms with Crippen LogP contribution in [0.2, 0.25) is 0 Å². The van der Waals surface area contributed by atoms with E-state index in [0.29, 0.717) is 0 Å². The van der Waals surface area contributed by atoms with Gasteiger partial charge in [-0.05, 0) is 53.6 Å². The van der Waals surface area contributed by atoms with Gasteiger partial charge < -0.3 is 10.3 Å². The summed E-state index contributed by atoms with van der Waals surface area (Å²) in [6, 6.07) is 20.1. The fourth-order valence-corrected chi connectivity index (χ4v) is 4.62. The molecular formula is C26H23N7O. The number of aryl methyl sites for hydroxylation is 3. The predicted molar refractivity (Wildman–Crippen MR) is 135 cm³/mol. The minimum Gasteiger partial charge on any atom is -0.399 e. The van der Waals surface area contributed by atoms with Crippen molar-refractivity contribution in [3.63, 3.8) is 0 Å². The number of aromatic nitrogens is 6. The molecule has 3 aromatic carbocycles. The van der Waals surface area contributed by atoms with E-state index < -0.39 is 0 Å². The van der Waals surface area contributed by atoms with E-state index in [1.54, 1.807) is 29.6 Å². The summed E-state index contributed by atoms with van der Waals surface area (Å²) >= 11 is 0. The molecule has 8 nitrogen and oxygen atoms in total. The standard InChI is InChI=1S/C26H23N7O/c1-30-15-28-14-24(30)25-29-20-12-17(16-5-4-6-18(27)11-16)7-9-21(20)33(25)19-8-10-22-23(13-19)32(3)26(34)31(22)2/h4-15H,27H2,1-3H3. The lowest BCUT2D eigenvalue weighted by Gasteiger charge is -2.11. The van der Waals surface area contributed by atoms with Gasteiger partial charge in [-0.2, -0.15) is 0 Å². The van der Waals surface area contributed by atoms with Gasteiger partial charge in [0.15, 0.2) is 5.82 Å². The molecule has 0 aliphatic heterocycles. The van der Waals surface area contributed by atoms with Crippen LogP contribution < -0.4 is 11.4 Å². The molecule has 34 heavy (non-hydrogen) atoms. The van der Waals surface area contributed by atoms with Crippen LogP contribution in [0.4, 0.5) is 5.69 Å². The van der Waals surface area contributed by atoms with Gasteiger partial charge in [0.25, 0.3) is 0 Å². The molecule has 2 N–H and O–H groups in total. The highest BCUT2D eigenvalue weighted by Crippen LogP contribution is 2.32. The zero-order valence-electron chi connectivity index (χ0n) is 19.1. The molecule has 168 valence electrons. The molecule has 0 fully saturated rings. The van der Waals surface area contributed by atoms with Crippen molar-refractivity contribution in [3.8, 4) is 28.3 Å². The molecule has 0 saturated heterocycles. The molecule has 0 saturated carbocycles. The topological polar surface area (TPSA) is 88.6 Å². The molecule has 0 aliphatic rings. The van der Waals surface area contributed by atoms with Crippen LogP contribution in [0.1, 0.15) is 0 Å². The Labute approximate surface area is 195 Å². The molecule has 3 heterocycles. The van der Waals surface area contributed by atoms with Crippen LogP contribution in [0.25, 0.3) is 50.4 Å². The highest BCUT2D eigenvalue weighted by atomic mass is 16.1. The summed E-state index contributed by atoms with van der Waals surface area (Å²) in [5.74, 6) is 0.778. The Kier molecular flexibility index (Phi) is 4.25. The normalized spacial score (nSPS) is 11.6. The molecule has 0 bridgehead atoms. The first-order valence-electron chi connectivity index (χ1n) is 10.9. The number of nitrogens with zero attached hydrogens (tertiary/aromatic N) is 6. The van der Waals surface area contributed by atoms with Crippen molar-refractivity contribution in [1.82, 2.24) is 28.2 Å². The molecule has 0 radical (unpaired) electrons. The van der Waals surface area contributed by atoms with Gasteiger partial charge in [0.05, 0.1) is 34.6 Å². The van der Waals surface area contributed by atoms with Crippen molar-refractivity contribution < 1.29 is 0 Å². The first-order valence-corrected chi connectivity index (χ1v) is 10.9. The predicted octanol–water partition coefficient (Wildman–Crippen LogP) is 3.87. The van der Waals surface area contributed by atoms with E-state index >= 15 is 0 Å². The third-order valence-corrected chi connectivity index (χ3v) is 6.43. The molecule has 6 rings (SSSR count). The van der Waals surface area contributed by atoms with Gasteiger partial charge in [-0.25, -0.2) is 14.8 Å². The summed E-state index contributed by atoms with van der Waals surface area (Å²) in [7, 11) is 5.53. The lowest BCUT2D eigenvalue weighted by Crippen LogP contribution is -2.19. The van der Waals surface area contributed by atoms with Crippen molar-refractivity contribution in [2.75, 3.05) is 5.73 Å². The average Bonchev–Trinajstić information content (AvgIpc) is 3.49. The summed E-state index contributed by atoms with van der Waals surface area (Å²) in [5, 5.41) is 0. The smallest absolute Gasteiger partial charge is 0.328 e. The van der Waals surface area contributed by atoms with Crippen molar-refractivity contribution in [2.24, 2.45) is 21.1 Å². The number of hydrogen-bond acceptors (Lipinski definition) is 4. The molecule has 0 atom stereocenters. The molecule has 8 heteroatoms. The minimum absolute atomic E-state index is 0.0544. The van der Waals surface area contributed by atoms with Gasteiger partial charge in [0, 0.05) is 32.5 Å². The Balaban J connectivity index is 1.64. The molecule has 0 spiro atoms. The molecule has 0 unspecified atom stereocenters. The fraction of sp³-hybridized carbons (Fsp3) is 0.115. The third-order valence-electron chi connectivity index (χ3n) is 6.43. The number of benzene rings is 3. The van der Waals surface area contributed by atoms with Crippen LogP contribution >= 0.6 is 0 Å². The van der Waals surface area contributed by atoms with Crippen LogP contribution in [0.3, 0.4) is 0 Å². The number of hydrogen-bond donors (Lipinski definition) is 1. The maximum Gasteiger partial charge on any atom is 0.328 e. The molecule has 0 aliphatic carbocycles. The van der Waals surface area contributed by atoms with Crippen molar-refractivity contribution >= 4 is 27.8 Å². The Hall–Kier alpha value is -4.59. The maximum absolute atomic E-state index is 12.5. The van der Waals surface area contributed by atoms with Gasteiger partial charge in [-0.15, -0.1) is 0 Å². The summed E-state index contributed by atoms with van der Waals surface area (Å²) in [5.41, 5.74) is 14.1. The second kappa shape index (κ2) is 7.21. The fourth-order valence-electron chi connectivity index (χ4n) is 4.62. The zero-order chi connectivity index (χ0) is 23.6. The summed E-state index contributed by atoms with van der Waals surface area (Å²) < 4.78 is 7.39. The summed E-state index contributed by atoms with van der Waals surface area (Å²) in [4.78, 5) is 21.8. The van der Waals surface area contributed by atoms with Crippen LogP contribution in [0.15, 0.2) is 78.0 Å². The lowest BCUT2D eigenvalue weighted by molar-refractivity contribution is 0.795. The molecular weight excluding hydrogens is 426 g/mol. The third kappa shape index (κ3) is 2.88. The van der Waals surface area contributed by atoms with Crippen LogP contribution in [-0.4, -0.2) is 28.2 Å². The van der Waals surface area contributed by atoms with E-state index in [1.807, 2.05) is 60.3 Å². The SMILES string of the molecule is Cn1cncc1-c1nc2cc(-c3cccc(N)c3)ccc2n1-c1ccc2c(c1)n(C)c(=O)n2C. The van der Waals surface area contributed by atoms with E-state index in [-0.39, 0.29) is 5.69 Å². The quantitative estimate of drug-likeness (QED) is 0.416. The summed E-state index contributed by atoms with van der Waals surface area (Å²) in [6.45, 7) is 0. The Bertz CT molecular complexity index is 1780. The monoisotopic (exact) mass is 449 g/mol. The molecule has 6 aromatic rings. The van der Waals surface area contributed by atoms with Gasteiger partial charge >= 0.3 is 5.69 Å². The number of rotatable bonds is 3. The van der Waals surface area contributed by atoms with E-state index in [2.05, 4.69) is 27.8 Å². The summed E-state index contributed by atoms with van der Waals surface area (Å²) in [6.07, 6.45) is 3.58. The number of nitrogen functional groups attached to an aromatic ring is 1. The molecule has 0 amide bonds. The van der Waals surface area contributed by atoms with E-state index in [0.717, 1.165) is 56.1 Å². The van der Waals surface area contributed by atoms with Gasteiger partial charge in [0.1, 0.15) is 5.69 Å². The Morgan fingerprint density at radius 2 is 1.59 bits per heavy atom. The van der Waals surface area contributed by atoms with E-state index in [9.17, 15) is 4.79 Å². The van der Waals surface area contributed by atoms with Crippen LogP contribution in [0.5, 0.6) is 0 Å². The van der Waals surface area contributed by atoms with Gasteiger partial charge in [0.2, 0.25) is 0 Å². The Morgan fingerprint density at radius 3 is 2.35 bits per heavy atom. The maximum atomic E-state index is 12.5. The number of anilines is 1. The van der Waals surface area contributed by atoms with E-state index in [1.165, 1.54) is 0 Å². The number of fused-ring (bicyclic) bond motifs is 2. The van der Waals surface area contributed by atoms with Crippen molar-refractivity contribution in [1.29, 1.82) is 0 Å². The first kappa shape index (κ1) is 20.0. The van der Waals surface area contributed by atoms with Gasteiger partial charge in [-0.1, -0.05) is 18.2 Å². The van der Waals surface area contributed by atoms with Crippen LogP contribution in [0, 0.1) is 0 Å². The average molecular weight is 450 g/mol. The molecule has 3 aromatic heterocycles. The highest BCUT2D eigenvalue weighted by molar-refractivity contribution is 5.88. The van der Waals surface area contributed by atoms with Gasteiger partial charge in [-0.3, -0.25) is 13.7 Å². The van der Waals surface area contributed by atoms with Crippen LogP contribution in [-0.2, 0) is 21.1 Å². The lowest BCUT2D eigenvalue weighted by atomic mass is 10.0. The highest BCUT2D eigenvalue weighted by Gasteiger charge is 2.19. The van der Waals surface area contributed by atoms with E-state index in [4.69, 9.17) is 10.7 Å². The zero-order valence-corrected chi connectivity index (χ0v) is 19.1. The number of imidazole rings is 3. The second-order valence-electron chi connectivity index (χ2n) is 8.56. The Morgan fingerprint density at radius 1 is 0.824 bits per heavy atom. The largest absolute Gasteiger partial charge is 0.399 e.